The molecular formula is C21H24N4O2. The maximum atomic E-state index is 12.5. The summed E-state index contributed by atoms with van der Waals surface area (Å²) in [5.74, 6) is 1.31. The van der Waals surface area contributed by atoms with Crippen LogP contribution < -0.4 is 15.4 Å². The fourth-order valence-electron chi connectivity index (χ4n) is 2.84. The van der Waals surface area contributed by atoms with Crippen molar-refractivity contribution in [1.29, 1.82) is 0 Å². The molecule has 0 fully saturated rings. The summed E-state index contributed by atoms with van der Waals surface area (Å²) in [6, 6.07) is 14.7. The molecule has 2 aromatic carbocycles. The van der Waals surface area contributed by atoms with E-state index in [2.05, 4.69) is 15.7 Å². The minimum atomic E-state index is -0.300. The van der Waals surface area contributed by atoms with Gasteiger partial charge in [0.25, 0.3) is 0 Å². The Morgan fingerprint density at radius 1 is 1.15 bits per heavy atom. The Bertz CT molecular complexity index is 949. The zero-order valence-corrected chi connectivity index (χ0v) is 16.0. The highest BCUT2D eigenvalue weighted by atomic mass is 16.5. The maximum absolute atomic E-state index is 12.5. The molecule has 1 aromatic heterocycles. The number of aryl methyl sites for hydroxylation is 2. The molecule has 1 atom stereocenters. The van der Waals surface area contributed by atoms with Gasteiger partial charge >= 0.3 is 6.03 Å². The van der Waals surface area contributed by atoms with Crippen LogP contribution >= 0.6 is 0 Å². The highest BCUT2D eigenvalue weighted by Crippen LogP contribution is 2.29. The van der Waals surface area contributed by atoms with Gasteiger partial charge in [-0.3, -0.25) is 4.68 Å². The Labute approximate surface area is 159 Å². The molecule has 2 N–H and O–H groups in total. The molecule has 3 rings (SSSR count). The van der Waals surface area contributed by atoms with Crippen LogP contribution in [0.25, 0.3) is 0 Å². The van der Waals surface area contributed by atoms with Crippen molar-refractivity contribution in [2.24, 2.45) is 7.05 Å². The van der Waals surface area contributed by atoms with E-state index < -0.39 is 0 Å². The second-order valence-corrected chi connectivity index (χ2v) is 6.54. The van der Waals surface area contributed by atoms with Crippen molar-refractivity contribution in [2.45, 2.75) is 26.8 Å². The van der Waals surface area contributed by atoms with Gasteiger partial charge in [-0.05, 0) is 50.6 Å². The molecule has 6 nitrogen and oxygen atoms in total. The standard InChI is InChI=1S/C21H24N4O2/c1-14-8-7-9-17(12-14)27-20-11-6-5-10-19(20)24-21(26)23-15(2)18-13-22-25(4)16(18)3/h5-13,15H,1-4H3,(H2,23,24,26). The molecular weight excluding hydrogens is 340 g/mol. The topological polar surface area (TPSA) is 68.2 Å². The molecule has 27 heavy (non-hydrogen) atoms. The summed E-state index contributed by atoms with van der Waals surface area (Å²) in [5.41, 5.74) is 3.71. The molecule has 140 valence electrons. The number of ether oxygens (including phenoxy) is 1. The third kappa shape index (κ3) is 4.47. The molecule has 0 aliphatic heterocycles. The van der Waals surface area contributed by atoms with Gasteiger partial charge in [0, 0.05) is 18.3 Å². The zero-order valence-electron chi connectivity index (χ0n) is 16.0. The van der Waals surface area contributed by atoms with Crippen LogP contribution in [0, 0.1) is 13.8 Å². The van der Waals surface area contributed by atoms with Gasteiger partial charge in [0.05, 0.1) is 17.9 Å². The number of nitrogens with zero attached hydrogens (tertiary/aromatic N) is 2. The summed E-state index contributed by atoms with van der Waals surface area (Å²) in [6.07, 6.45) is 1.77. The van der Waals surface area contributed by atoms with Crippen LogP contribution in [0.1, 0.15) is 29.8 Å². The minimum absolute atomic E-state index is 0.163. The van der Waals surface area contributed by atoms with Gasteiger partial charge in [-0.15, -0.1) is 0 Å². The van der Waals surface area contributed by atoms with E-state index in [9.17, 15) is 4.79 Å². The van der Waals surface area contributed by atoms with E-state index in [1.54, 1.807) is 10.9 Å². The lowest BCUT2D eigenvalue weighted by Gasteiger charge is -2.16. The number of hydrogen-bond donors (Lipinski definition) is 2. The number of carbonyl (C=O) groups is 1. The second-order valence-electron chi connectivity index (χ2n) is 6.54. The number of aromatic nitrogens is 2. The average molecular weight is 364 g/mol. The largest absolute Gasteiger partial charge is 0.455 e. The Morgan fingerprint density at radius 3 is 2.63 bits per heavy atom. The van der Waals surface area contributed by atoms with Gasteiger partial charge in [0.2, 0.25) is 0 Å². The Morgan fingerprint density at radius 2 is 1.93 bits per heavy atom. The normalized spacial score (nSPS) is 11.7. The first kappa shape index (κ1) is 18.5. The summed E-state index contributed by atoms with van der Waals surface area (Å²) in [7, 11) is 1.88. The summed E-state index contributed by atoms with van der Waals surface area (Å²) in [5, 5.41) is 10.0. The molecule has 6 heteroatoms. The fraction of sp³-hybridized carbons (Fsp3) is 0.238. The van der Waals surface area contributed by atoms with E-state index in [1.165, 1.54) is 0 Å². The van der Waals surface area contributed by atoms with Crippen LogP contribution in [0.15, 0.2) is 54.7 Å². The number of carbonyl (C=O) groups excluding carboxylic acids is 1. The first-order chi connectivity index (χ1) is 12.9. The van der Waals surface area contributed by atoms with Gasteiger partial charge in [-0.25, -0.2) is 4.79 Å². The van der Waals surface area contributed by atoms with E-state index in [0.717, 1.165) is 22.6 Å². The SMILES string of the molecule is Cc1cccc(Oc2ccccc2NC(=O)NC(C)c2cnn(C)c2C)c1. The fourth-order valence-corrected chi connectivity index (χ4v) is 2.84. The molecule has 0 spiro atoms. The molecule has 0 aliphatic carbocycles. The van der Waals surface area contributed by atoms with Crippen LogP contribution in [-0.2, 0) is 7.05 Å². The number of anilines is 1. The van der Waals surface area contributed by atoms with Gasteiger partial charge < -0.3 is 15.4 Å². The van der Waals surface area contributed by atoms with E-state index in [-0.39, 0.29) is 12.1 Å². The predicted molar refractivity (Wildman–Crippen MR) is 106 cm³/mol. The quantitative estimate of drug-likeness (QED) is 0.689. The summed E-state index contributed by atoms with van der Waals surface area (Å²) >= 11 is 0. The highest BCUT2D eigenvalue weighted by Gasteiger charge is 2.15. The van der Waals surface area contributed by atoms with Gasteiger partial charge in [0.15, 0.2) is 5.75 Å². The number of hydrogen-bond acceptors (Lipinski definition) is 3. The van der Waals surface area contributed by atoms with E-state index >= 15 is 0 Å². The predicted octanol–water partition coefficient (Wildman–Crippen LogP) is 4.71. The van der Waals surface area contributed by atoms with Crippen LogP contribution in [0.4, 0.5) is 10.5 Å². The third-order valence-corrected chi connectivity index (χ3v) is 4.44. The average Bonchev–Trinajstić information content (AvgIpc) is 2.96. The molecule has 0 aliphatic rings. The number of nitrogens with one attached hydrogen (secondary N) is 2. The molecule has 0 saturated carbocycles. The van der Waals surface area contributed by atoms with Gasteiger partial charge in [0.1, 0.15) is 5.75 Å². The molecule has 0 bridgehead atoms. The van der Waals surface area contributed by atoms with Crippen LogP contribution in [0.3, 0.4) is 0 Å². The lowest BCUT2D eigenvalue weighted by Crippen LogP contribution is -2.31. The number of amides is 2. The van der Waals surface area contributed by atoms with Crippen molar-refractivity contribution in [2.75, 3.05) is 5.32 Å². The van der Waals surface area contributed by atoms with Crippen molar-refractivity contribution in [3.8, 4) is 11.5 Å². The first-order valence-corrected chi connectivity index (χ1v) is 8.83. The zero-order chi connectivity index (χ0) is 19.4. The third-order valence-electron chi connectivity index (χ3n) is 4.44. The van der Waals surface area contributed by atoms with E-state index in [1.807, 2.05) is 76.3 Å². The van der Waals surface area contributed by atoms with Crippen molar-refractivity contribution >= 4 is 11.7 Å². The minimum Gasteiger partial charge on any atom is -0.455 e. The number of urea groups is 1. The van der Waals surface area contributed by atoms with Crippen LogP contribution in [-0.4, -0.2) is 15.8 Å². The van der Waals surface area contributed by atoms with E-state index in [4.69, 9.17) is 4.74 Å². The van der Waals surface area contributed by atoms with Crippen molar-refractivity contribution in [3.63, 3.8) is 0 Å². The van der Waals surface area contributed by atoms with Crippen molar-refractivity contribution in [1.82, 2.24) is 15.1 Å². The van der Waals surface area contributed by atoms with Crippen LogP contribution in [0.5, 0.6) is 11.5 Å². The van der Waals surface area contributed by atoms with E-state index in [0.29, 0.717) is 11.4 Å². The Balaban J connectivity index is 1.70. The Hall–Kier alpha value is -3.28. The molecule has 1 unspecified atom stereocenters. The monoisotopic (exact) mass is 364 g/mol. The Kier molecular flexibility index (Phi) is 5.45. The van der Waals surface area contributed by atoms with Crippen molar-refractivity contribution in [3.05, 3.63) is 71.5 Å². The van der Waals surface area contributed by atoms with Gasteiger partial charge in [-0.1, -0.05) is 24.3 Å². The number of benzene rings is 2. The lowest BCUT2D eigenvalue weighted by atomic mass is 10.1. The first-order valence-electron chi connectivity index (χ1n) is 8.83. The highest BCUT2D eigenvalue weighted by molar-refractivity contribution is 5.91. The maximum Gasteiger partial charge on any atom is 0.319 e. The summed E-state index contributed by atoms with van der Waals surface area (Å²) in [4.78, 5) is 12.5. The lowest BCUT2D eigenvalue weighted by molar-refractivity contribution is 0.249. The smallest absolute Gasteiger partial charge is 0.319 e. The summed E-state index contributed by atoms with van der Waals surface area (Å²) in [6.45, 7) is 5.91. The molecule has 0 radical (unpaired) electrons. The van der Waals surface area contributed by atoms with Crippen LogP contribution in [0.2, 0.25) is 0 Å². The molecule has 0 saturated heterocycles. The molecule has 1 heterocycles. The molecule has 3 aromatic rings. The van der Waals surface area contributed by atoms with Crippen molar-refractivity contribution < 1.29 is 9.53 Å². The number of para-hydroxylation sites is 2. The molecule has 2 amide bonds. The second kappa shape index (κ2) is 7.95. The number of rotatable bonds is 5. The van der Waals surface area contributed by atoms with Gasteiger partial charge in [-0.2, -0.15) is 5.10 Å². The summed E-state index contributed by atoms with van der Waals surface area (Å²) < 4.78 is 7.74.